The summed E-state index contributed by atoms with van der Waals surface area (Å²) in [6.45, 7) is -1.17. The number of aliphatic hydroxyl groups excluding tert-OH is 2. The molecule has 2 aliphatic rings. The normalized spacial score (nSPS) is 16.2. The van der Waals surface area contributed by atoms with E-state index in [2.05, 4.69) is 10.2 Å². The van der Waals surface area contributed by atoms with Crippen molar-refractivity contribution in [3.05, 3.63) is 46.5 Å². The first-order valence-electron chi connectivity index (χ1n) is 9.26. The molecule has 0 saturated carbocycles. The molecule has 2 aliphatic heterocycles. The summed E-state index contributed by atoms with van der Waals surface area (Å²) in [5.74, 6) is -4.06. The van der Waals surface area contributed by atoms with E-state index in [1.54, 1.807) is 0 Å². The van der Waals surface area contributed by atoms with Gasteiger partial charge >= 0.3 is 5.97 Å². The van der Waals surface area contributed by atoms with Crippen LogP contribution >= 0.6 is 0 Å². The zero-order valence-corrected chi connectivity index (χ0v) is 16.2. The monoisotopic (exact) mass is 427 g/mol. The number of methoxy groups -OCH3 is 1. The van der Waals surface area contributed by atoms with Gasteiger partial charge in [-0.1, -0.05) is 0 Å². The van der Waals surface area contributed by atoms with Crippen LogP contribution in [0.15, 0.2) is 24.3 Å². The Balaban J connectivity index is 1.92. The molecule has 1 unspecified atom stereocenters. The van der Waals surface area contributed by atoms with Gasteiger partial charge in [-0.05, 0) is 24.3 Å². The molecule has 0 fully saturated rings. The molecule has 0 saturated heterocycles. The summed E-state index contributed by atoms with van der Waals surface area (Å²) in [6.07, 6.45) is 0. The first-order chi connectivity index (χ1) is 14.9. The van der Waals surface area contributed by atoms with Crippen LogP contribution in [0.2, 0.25) is 0 Å². The average Bonchev–Trinajstić information content (AvgIpc) is 2.78. The number of rotatable bonds is 6. The molecule has 11 heteroatoms. The van der Waals surface area contributed by atoms with Crippen molar-refractivity contribution in [3.8, 4) is 0 Å². The molecule has 31 heavy (non-hydrogen) atoms. The Bertz CT molecular complexity index is 1100. The highest BCUT2D eigenvalue weighted by molar-refractivity contribution is 6.33. The van der Waals surface area contributed by atoms with Crippen molar-refractivity contribution >= 4 is 40.4 Å². The molecule has 3 N–H and O–H groups in total. The van der Waals surface area contributed by atoms with E-state index in [0.29, 0.717) is 4.90 Å². The van der Waals surface area contributed by atoms with Gasteiger partial charge in [-0.2, -0.15) is 0 Å². The molecule has 4 amide bonds. The van der Waals surface area contributed by atoms with Gasteiger partial charge in [-0.15, -0.1) is 0 Å². The predicted octanol–water partition coefficient (Wildman–Crippen LogP) is -0.937. The minimum atomic E-state index is -1.54. The molecule has 4 rings (SSSR count). The van der Waals surface area contributed by atoms with E-state index in [9.17, 15) is 29.1 Å². The third-order valence-electron chi connectivity index (χ3n) is 5.27. The highest BCUT2D eigenvalue weighted by Gasteiger charge is 2.43. The standard InChI is InChI=1S/C20H17N3O8/c1-31-20(30)13(8-25)22-16(26)9-2-4-11-15-12(5-3-10(14(9)15)17(22)27)19(29)23(18(11)28)21-6-7-24/h2-5,13,21,24-25H,6-8H2,1H3. The van der Waals surface area contributed by atoms with E-state index < -0.39 is 42.2 Å². The molecule has 2 aromatic rings. The van der Waals surface area contributed by atoms with E-state index in [1.165, 1.54) is 24.3 Å². The molecule has 2 heterocycles. The third kappa shape index (κ3) is 2.82. The number of carbonyl (C=O) groups excluding carboxylic acids is 5. The molecule has 160 valence electrons. The van der Waals surface area contributed by atoms with Crippen LogP contribution in [0.4, 0.5) is 0 Å². The summed E-state index contributed by atoms with van der Waals surface area (Å²) < 4.78 is 4.59. The van der Waals surface area contributed by atoms with Gasteiger partial charge < -0.3 is 14.9 Å². The van der Waals surface area contributed by atoms with Gasteiger partial charge in [0.2, 0.25) is 0 Å². The highest BCUT2D eigenvalue weighted by Crippen LogP contribution is 2.38. The number of hydrogen-bond donors (Lipinski definition) is 3. The average molecular weight is 427 g/mol. The summed E-state index contributed by atoms with van der Waals surface area (Å²) in [7, 11) is 1.07. The maximum atomic E-state index is 13.1. The van der Waals surface area contributed by atoms with Crippen molar-refractivity contribution in [2.75, 3.05) is 26.9 Å². The SMILES string of the molecule is COC(=O)C(CO)N1C(=O)c2ccc3c4c(ccc(c24)C1=O)C(=O)N(NCCO)C3=O. The number of carbonyl (C=O) groups is 5. The summed E-state index contributed by atoms with van der Waals surface area (Å²) >= 11 is 0. The zero-order chi connectivity index (χ0) is 22.4. The summed E-state index contributed by atoms with van der Waals surface area (Å²) in [4.78, 5) is 64.5. The van der Waals surface area contributed by atoms with Gasteiger partial charge in [0.1, 0.15) is 0 Å². The first kappa shape index (κ1) is 20.6. The smallest absolute Gasteiger partial charge is 0.331 e. The van der Waals surface area contributed by atoms with Gasteiger partial charge in [0.05, 0.1) is 31.5 Å². The lowest BCUT2D eigenvalue weighted by atomic mass is 9.86. The number of nitrogens with one attached hydrogen (secondary N) is 1. The Morgan fingerprint density at radius 3 is 1.74 bits per heavy atom. The van der Waals surface area contributed by atoms with E-state index in [1.807, 2.05) is 0 Å². The van der Waals surface area contributed by atoms with E-state index in [-0.39, 0.29) is 46.2 Å². The first-order valence-corrected chi connectivity index (χ1v) is 9.26. The van der Waals surface area contributed by atoms with Crippen molar-refractivity contribution in [3.63, 3.8) is 0 Å². The number of benzene rings is 2. The second kappa shape index (κ2) is 7.54. The topological polar surface area (TPSA) is 154 Å². The molecule has 11 nitrogen and oxygen atoms in total. The molecular formula is C20H17N3O8. The van der Waals surface area contributed by atoms with E-state index in [4.69, 9.17) is 5.11 Å². The maximum absolute atomic E-state index is 13.1. The maximum Gasteiger partial charge on any atom is 0.331 e. The van der Waals surface area contributed by atoms with Crippen LogP contribution < -0.4 is 5.43 Å². The minimum Gasteiger partial charge on any atom is -0.467 e. The molecule has 2 aromatic carbocycles. The lowest BCUT2D eigenvalue weighted by Crippen LogP contribution is -2.53. The van der Waals surface area contributed by atoms with Crippen LogP contribution in [0.25, 0.3) is 10.8 Å². The third-order valence-corrected chi connectivity index (χ3v) is 5.27. The Labute approximate surface area is 174 Å². The molecule has 0 aromatic heterocycles. The molecule has 0 bridgehead atoms. The number of esters is 1. The largest absolute Gasteiger partial charge is 0.467 e. The summed E-state index contributed by atoms with van der Waals surface area (Å²) in [6, 6.07) is 3.82. The van der Waals surface area contributed by atoms with Crippen molar-refractivity contribution in [2.24, 2.45) is 0 Å². The number of ether oxygens (including phenoxy) is 1. The fraction of sp³-hybridized carbons (Fsp3) is 0.250. The fourth-order valence-corrected chi connectivity index (χ4v) is 3.88. The molecule has 0 aliphatic carbocycles. The Morgan fingerprint density at radius 2 is 1.35 bits per heavy atom. The van der Waals surface area contributed by atoms with Crippen LogP contribution in [0.3, 0.4) is 0 Å². The van der Waals surface area contributed by atoms with E-state index in [0.717, 1.165) is 12.1 Å². The lowest BCUT2D eigenvalue weighted by molar-refractivity contribution is -0.146. The number of imide groups is 2. The number of aliphatic hydroxyl groups is 2. The summed E-state index contributed by atoms with van der Waals surface area (Å²) in [5, 5.41) is 19.6. The van der Waals surface area contributed by atoms with E-state index >= 15 is 0 Å². The van der Waals surface area contributed by atoms with Gasteiger partial charge in [-0.25, -0.2) is 15.2 Å². The quantitative estimate of drug-likeness (QED) is 0.392. The molecular weight excluding hydrogens is 410 g/mol. The van der Waals surface area contributed by atoms with Crippen LogP contribution in [0.1, 0.15) is 41.4 Å². The second-order valence-electron chi connectivity index (χ2n) is 6.85. The Hall–Kier alpha value is -3.67. The lowest BCUT2D eigenvalue weighted by Gasteiger charge is -2.33. The Kier molecular flexibility index (Phi) is 5.01. The molecule has 0 spiro atoms. The van der Waals surface area contributed by atoms with Gasteiger partial charge in [0, 0.05) is 28.4 Å². The van der Waals surface area contributed by atoms with Crippen molar-refractivity contribution in [1.82, 2.24) is 15.3 Å². The zero-order valence-electron chi connectivity index (χ0n) is 16.2. The van der Waals surface area contributed by atoms with Gasteiger partial charge in [0.25, 0.3) is 23.6 Å². The van der Waals surface area contributed by atoms with Crippen molar-refractivity contribution in [2.45, 2.75) is 6.04 Å². The fourth-order valence-electron chi connectivity index (χ4n) is 3.88. The number of hydrazine groups is 1. The van der Waals surface area contributed by atoms with Crippen LogP contribution in [-0.4, -0.2) is 82.6 Å². The van der Waals surface area contributed by atoms with Gasteiger partial charge in [-0.3, -0.25) is 24.1 Å². The number of amides is 4. The summed E-state index contributed by atoms with van der Waals surface area (Å²) in [5.41, 5.74) is 2.76. The van der Waals surface area contributed by atoms with Crippen molar-refractivity contribution in [1.29, 1.82) is 0 Å². The number of hydrogen-bond acceptors (Lipinski definition) is 9. The van der Waals surface area contributed by atoms with Crippen LogP contribution in [0, 0.1) is 0 Å². The van der Waals surface area contributed by atoms with Crippen LogP contribution in [-0.2, 0) is 9.53 Å². The van der Waals surface area contributed by atoms with Crippen LogP contribution in [0.5, 0.6) is 0 Å². The minimum absolute atomic E-state index is 0.00919. The highest BCUT2D eigenvalue weighted by atomic mass is 16.5. The number of nitrogens with zero attached hydrogens (tertiary/aromatic N) is 2. The predicted molar refractivity (Wildman–Crippen MR) is 103 cm³/mol. The van der Waals surface area contributed by atoms with Crippen molar-refractivity contribution < 1.29 is 38.9 Å². The Morgan fingerprint density at radius 1 is 0.903 bits per heavy atom. The molecule has 0 radical (unpaired) electrons. The molecule has 1 atom stereocenters. The van der Waals surface area contributed by atoms with Gasteiger partial charge in [0.15, 0.2) is 6.04 Å². The second-order valence-corrected chi connectivity index (χ2v) is 6.85.